The molecule has 3 rings (SSSR count). The number of nitrogens with one attached hydrogen (secondary N) is 2. The zero-order valence-corrected chi connectivity index (χ0v) is 14.4. The van der Waals surface area contributed by atoms with Gasteiger partial charge in [-0.25, -0.2) is 9.37 Å². The van der Waals surface area contributed by atoms with Crippen LogP contribution < -0.4 is 10.6 Å². The van der Waals surface area contributed by atoms with Crippen molar-refractivity contribution in [3.8, 4) is 11.4 Å². The van der Waals surface area contributed by atoms with Crippen LogP contribution in [0.1, 0.15) is 12.0 Å². The summed E-state index contributed by atoms with van der Waals surface area (Å²) in [6.45, 7) is 2.34. The largest absolute Gasteiger partial charge is 0.396 e. The maximum absolute atomic E-state index is 13.8. The molecule has 6 nitrogen and oxygen atoms in total. The van der Waals surface area contributed by atoms with Gasteiger partial charge in [-0.3, -0.25) is 4.98 Å². The molecule has 0 saturated heterocycles. The Morgan fingerprint density at radius 3 is 2.69 bits per heavy atom. The zero-order chi connectivity index (χ0) is 18.4. The first-order chi connectivity index (χ1) is 12.7. The van der Waals surface area contributed by atoms with Crippen LogP contribution in [0.4, 0.5) is 21.8 Å². The molecule has 2 heterocycles. The predicted octanol–water partition coefficient (Wildman–Crippen LogP) is 3.52. The minimum absolute atomic E-state index is 0.0840. The highest BCUT2D eigenvalue weighted by Gasteiger charge is 2.09. The summed E-state index contributed by atoms with van der Waals surface area (Å²) in [5, 5.41) is 15.1. The molecule has 7 heteroatoms. The maximum Gasteiger partial charge on any atom is 0.225 e. The van der Waals surface area contributed by atoms with Crippen LogP contribution in [-0.4, -0.2) is 33.2 Å². The van der Waals surface area contributed by atoms with E-state index in [4.69, 9.17) is 5.11 Å². The molecular formula is C19H20FN5O. The Morgan fingerprint density at radius 1 is 1.08 bits per heavy atom. The van der Waals surface area contributed by atoms with Gasteiger partial charge in [-0.1, -0.05) is 12.1 Å². The Morgan fingerprint density at radius 2 is 1.96 bits per heavy atom. The molecule has 0 radical (unpaired) electrons. The lowest BCUT2D eigenvalue weighted by Crippen LogP contribution is -2.09. The van der Waals surface area contributed by atoms with E-state index in [2.05, 4.69) is 25.6 Å². The van der Waals surface area contributed by atoms with Gasteiger partial charge in [-0.05, 0) is 43.2 Å². The number of aromatic nitrogens is 3. The van der Waals surface area contributed by atoms with Gasteiger partial charge >= 0.3 is 0 Å². The van der Waals surface area contributed by atoms with Crippen molar-refractivity contribution in [1.29, 1.82) is 0 Å². The molecule has 0 saturated carbocycles. The summed E-state index contributed by atoms with van der Waals surface area (Å²) in [5.74, 6) is 0.655. The number of halogens is 1. The Kier molecular flexibility index (Phi) is 5.70. The molecule has 0 amide bonds. The highest BCUT2D eigenvalue weighted by Crippen LogP contribution is 2.23. The minimum atomic E-state index is -0.282. The maximum atomic E-state index is 13.8. The molecule has 1 aromatic carbocycles. The van der Waals surface area contributed by atoms with E-state index < -0.39 is 0 Å². The molecule has 0 aliphatic carbocycles. The van der Waals surface area contributed by atoms with Crippen molar-refractivity contribution in [3.05, 3.63) is 60.0 Å². The normalized spacial score (nSPS) is 10.6. The fourth-order valence-corrected chi connectivity index (χ4v) is 2.33. The van der Waals surface area contributed by atoms with Crippen molar-refractivity contribution < 1.29 is 9.50 Å². The standard InChI is InChI=1S/C19H20FN5O/c1-13-6-7-14(11-15(13)20)23-18-12-17(16-5-2-3-8-21-16)24-19(25-18)22-9-4-10-26/h2-3,5-8,11-12,26H,4,9-10H2,1H3,(H2,22,23,24,25). The zero-order valence-electron chi connectivity index (χ0n) is 14.4. The predicted molar refractivity (Wildman–Crippen MR) is 99.9 cm³/mol. The highest BCUT2D eigenvalue weighted by molar-refractivity contribution is 5.65. The van der Waals surface area contributed by atoms with Crippen molar-refractivity contribution in [2.24, 2.45) is 0 Å². The van der Waals surface area contributed by atoms with Crippen molar-refractivity contribution in [2.75, 3.05) is 23.8 Å². The Balaban J connectivity index is 1.91. The van der Waals surface area contributed by atoms with E-state index in [9.17, 15) is 4.39 Å². The van der Waals surface area contributed by atoms with Crippen LogP contribution in [0, 0.1) is 12.7 Å². The van der Waals surface area contributed by atoms with E-state index in [1.54, 1.807) is 31.3 Å². The molecule has 0 atom stereocenters. The summed E-state index contributed by atoms with van der Waals surface area (Å²) >= 11 is 0. The van der Waals surface area contributed by atoms with Crippen LogP contribution in [0.5, 0.6) is 0 Å². The third-order valence-electron chi connectivity index (χ3n) is 3.72. The quantitative estimate of drug-likeness (QED) is 0.564. The number of rotatable bonds is 7. The van der Waals surface area contributed by atoms with Gasteiger partial charge in [0.05, 0.1) is 11.4 Å². The number of hydrogen-bond donors (Lipinski definition) is 3. The van der Waals surface area contributed by atoms with Crippen LogP contribution >= 0.6 is 0 Å². The smallest absolute Gasteiger partial charge is 0.225 e. The van der Waals surface area contributed by atoms with Crippen molar-refractivity contribution in [2.45, 2.75) is 13.3 Å². The second kappa shape index (κ2) is 8.35. The van der Waals surface area contributed by atoms with E-state index in [0.29, 0.717) is 47.4 Å². The SMILES string of the molecule is Cc1ccc(Nc2cc(-c3ccccn3)nc(NCCCO)n2)cc1F. The first-order valence-electron chi connectivity index (χ1n) is 8.34. The molecule has 3 aromatic rings. The summed E-state index contributed by atoms with van der Waals surface area (Å²) in [6.07, 6.45) is 2.28. The average Bonchev–Trinajstić information content (AvgIpc) is 2.66. The van der Waals surface area contributed by atoms with Gasteiger partial charge in [-0.15, -0.1) is 0 Å². The number of anilines is 3. The lowest BCUT2D eigenvalue weighted by atomic mass is 10.2. The van der Waals surface area contributed by atoms with Gasteiger partial charge in [0.2, 0.25) is 5.95 Å². The average molecular weight is 353 g/mol. The van der Waals surface area contributed by atoms with Gasteiger partial charge in [0.15, 0.2) is 0 Å². The van der Waals surface area contributed by atoms with E-state index >= 15 is 0 Å². The molecule has 0 spiro atoms. The second-order valence-electron chi connectivity index (χ2n) is 5.77. The number of aliphatic hydroxyl groups excluding tert-OH is 1. The van der Waals surface area contributed by atoms with Gasteiger partial charge in [0.25, 0.3) is 0 Å². The fraction of sp³-hybridized carbons (Fsp3) is 0.211. The molecule has 26 heavy (non-hydrogen) atoms. The number of benzene rings is 1. The molecule has 3 N–H and O–H groups in total. The Labute approximate surface area is 151 Å². The monoisotopic (exact) mass is 353 g/mol. The first kappa shape index (κ1) is 17.8. The number of hydrogen-bond acceptors (Lipinski definition) is 6. The molecule has 0 aliphatic rings. The first-order valence-corrected chi connectivity index (χ1v) is 8.34. The fourth-order valence-electron chi connectivity index (χ4n) is 2.33. The highest BCUT2D eigenvalue weighted by atomic mass is 19.1. The molecule has 134 valence electrons. The van der Waals surface area contributed by atoms with E-state index in [-0.39, 0.29) is 12.4 Å². The van der Waals surface area contributed by atoms with E-state index in [1.165, 1.54) is 6.07 Å². The second-order valence-corrected chi connectivity index (χ2v) is 5.77. The third-order valence-corrected chi connectivity index (χ3v) is 3.72. The van der Waals surface area contributed by atoms with Crippen molar-refractivity contribution in [1.82, 2.24) is 15.0 Å². The number of aliphatic hydroxyl groups is 1. The minimum Gasteiger partial charge on any atom is -0.396 e. The summed E-state index contributed by atoms with van der Waals surface area (Å²) < 4.78 is 13.8. The van der Waals surface area contributed by atoms with Gasteiger partial charge in [-0.2, -0.15) is 4.98 Å². The molecule has 2 aromatic heterocycles. The van der Waals surface area contributed by atoms with Gasteiger partial charge in [0.1, 0.15) is 11.6 Å². The number of aryl methyl sites for hydroxylation is 1. The van der Waals surface area contributed by atoms with Crippen LogP contribution in [-0.2, 0) is 0 Å². The van der Waals surface area contributed by atoms with Crippen molar-refractivity contribution >= 4 is 17.5 Å². The van der Waals surface area contributed by atoms with Crippen LogP contribution in [0.2, 0.25) is 0 Å². The molecule has 0 bridgehead atoms. The van der Waals surface area contributed by atoms with Crippen LogP contribution in [0.15, 0.2) is 48.7 Å². The Bertz CT molecular complexity index is 873. The molecule has 0 aliphatic heterocycles. The number of pyridine rings is 1. The summed E-state index contributed by atoms with van der Waals surface area (Å²) in [6, 6.07) is 12.3. The summed E-state index contributed by atoms with van der Waals surface area (Å²) in [5.41, 5.74) is 2.53. The summed E-state index contributed by atoms with van der Waals surface area (Å²) in [4.78, 5) is 13.2. The lowest BCUT2D eigenvalue weighted by molar-refractivity contribution is 0.292. The van der Waals surface area contributed by atoms with Gasteiger partial charge < -0.3 is 15.7 Å². The van der Waals surface area contributed by atoms with Crippen LogP contribution in [0.25, 0.3) is 11.4 Å². The molecule has 0 unspecified atom stereocenters. The molecule has 0 fully saturated rings. The van der Waals surface area contributed by atoms with Gasteiger partial charge in [0, 0.05) is 31.1 Å². The lowest BCUT2D eigenvalue weighted by Gasteiger charge is -2.11. The number of nitrogens with zero attached hydrogens (tertiary/aromatic N) is 3. The molecular weight excluding hydrogens is 333 g/mol. The van der Waals surface area contributed by atoms with E-state index in [0.717, 1.165) is 0 Å². The van der Waals surface area contributed by atoms with Crippen molar-refractivity contribution in [3.63, 3.8) is 0 Å². The van der Waals surface area contributed by atoms with Crippen LogP contribution in [0.3, 0.4) is 0 Å². The topological polar surface area (TPSA) is 83.0 Å². The Hall–Kier alpha value is -3.06. The summed E-state index contributed by atoms with van der Waals surface area (Å²) in [7, 11) is 0. The van der Waals surface area contributed by atoms with E-state index in [1.807, 2.05) is 18.2 Å². The third kappa shape index (κ3) is 4.52.